The molecule has 6 nitrogen and oxygen atoms in total. The minimum absolute atomic E-state index is 0.0984. The summed E-state index contributed by atoms with van der Waals surface area (Å²) in [5.41, 5.74) is -0.395. The Morgan fingerprint density at radius 3 is 2.77 bits per heavy atom. The predicted molar refractivity (Wildman–Crippen MR) is 92.8 cm³/mol. The fourth-order valence-corrected chi connectivity index (χ4v) is 3.75. The summed E-state index contributed by atoms with van der Waals surface area (Å²) in [7, 11) is 0. The minimum Gasteiger partial charge on any atom is -0.483 e. The highest BCUT2D eigenvalue weighted by molar-refractivity contribution is 5.99. The van der Waals surface area contributed by atoms with Crippen LogP contribution in [0.2, 0.25) is 0 Å². The standard InChI is InChI=1S/C20H24O6/c1-6-10(2)18(22)25-15-9-20(5)16(21)8-13(26-20)11(3)7-14-17(15)12(4)19(23)24-14/h6,8,11,14-15,17H,4,7,9H2,1-3,5H3/b10-6+/t11-,14-,15-,17+,20+/m0/s1. The molecule has 0 radical (unpaired) electrons. The summed E-state index contributed by atoms with van der Waals surface area (Å²) in [5.74, 6) is -1.13. The van der Waals surface area contributed by atoms with Gasteiger partial charge in [0, 0.05) is 29.6 Å². The lowest BCUT2D eigenvalue weighted by Gasteiger charge is -2.31. The number of carbonyl (C=O) groups is 3. The Hall–Kier alpha value is -2.37. The van der Waals surface area contributed by atoms with Gasteiger partial charge in [-0.05, 0) is 27.2 Å². The van der Waals surface area contributed by atoms with Crippen molar-refractivity contribution in [2.75, 3.05) is 0 Å². The summed E-state index contributed by atoms with van der Waals surface area (Å²) in [6.07, 6.45) is 2.57. The van der Waals surface area contributed by atoms with E-state index in [0.717, 1.165) is 0 Å². The summed E-state index contributed by atoms with van der Waals surface area (Å²) in [4.78, 5) is 37.0. The maximum Gasteiger partial charge on any atom is 0.334 e. The van der Waals surface area contributed by atoms with Gasteiger partial charge in [-0.1, -0.05) is 19.6 Å². The molecule has 3 heterocycles. The van der Waals surface area contributed by atoms with Crippen LogP contribution in [-0.2, 0) is 28.6 Å². The second-order valence-electron chi connectivity index (χ2n) is 7.49. The lowest BCUT2D eigenvalue weighted by Crippen LogP contribution is -2.43. The maximum absolute atomic E-state index is 12.5. The molecular weight excluding hydrogens is 336 g/mol. The van der Waals surface area contributed by atoms with Gasteiger partial charge in [-0.25, -0.2) is 9.59 Å². The first-order valence-corrected chi connectivity index (χ1v) is 8.85. The molecule has 26 heavy (non-hydrogen) atoms. The molecule has 2 saturated heterocycles. The average molecular weight is 360 g/mol. The van der Waals surface area contributed by atoms with Gasteiger partial charge in [-0.3, -0.25) is 4.79 Å². The van der Waals surface area contributed by atoms with Gasteiger partial charge >= 0.3 is 11.9 Å². The fourth-order valence-electron chi connectivity index (χ4n) is 3.75. The summed E-state index contributed by atoms with van der Waals surface area (Å²) in [6.45, 7) is 10.9. The van der Waals surface area contributed by atoms with Crippen LogP contribution in [0.5, 0.6) is 0 Å². The summed E-state index contributed by atoms with van der Waals surface area (Å²) in [5, 5.41) is 0. The third-order valence-corrected chi connectivity index (χ3v) is 5.54. The highest BCUT2D eigenvalue weighted by Crippen LogP contribution is 2.44. The van der Waals surface area contributed by atoms with E-state index in [1.165, 1.54) is 6.08 Å². The number of hydrogen-bond donors (Lipinski definition) is 0. The Labute approximate surface area is 152 Å². The van der Waals surface area contributed by atoms with Crippen molar-refractivity contribution in [3.8, 4) is 0 Å². The zero-order chi connectivity index (χ0) is 19.2. The number of ether oxygens (including phenoxy) is 3. The van der Waals surface area contributed by atoms with Crippen LogP contribution in [0, 0.1) is 11.8 Å². The summed E-state index contributed by atoms with van der Waals surface area (Å²) in [6, 6.07) is 0. The minimum atomic E-state index is -1.13. The molecule has 5 atom stereocenters. The third kappa shape index (κ3) is 2.97. The van der Waals surface area contributed by atoms with E-state index >= 15 is 0 Å². The molecular formula is C20H24O6. The van der Waals surface area contributed by atoms with E-state index in [0.29, 0.717) is 17.8 Å². The molecule has 2 fully saturated rings. The van der Waals surface area contributed by atoms with Gasteiger partial charge < -0.3 is 14.2 Å². The Kier molecular flexibility index (Phi) is 4.54. The van der Waals surface area contributed by atoms with Gasteiger partial charge in [0.25, 0.3) is 0 Å². The molecule has 3 rings (SSSR count). The molecule has 0 aromatic heterocycles. The Morgan fingerprint density at radius 2 is 2.12 bits per heavy atom. The number of rotatable bonds is 2. The number of carbonyl (C=O) groups excluding carboxylic acids is 3. The average Bonchev–Trinajstić information content (AvgIpc) is 3.03. The normalized spacial score (nSPS) is 37.0. The zero-order valence-electron chi connectivity index (χ0n) is 15.5. The zero-order valence-corrected chi connectivity index (χ0v) is 15.5. The molecule has 0 saturated carbocycles. The third-order valence-electron chi connectivity index (χ3n) is 5.54. The molecule has 6 heteroatoms. The molecule has 0 amide bonds. The SMILES string of the molecule is C=C1C(=O)O[C@H]2C[C@H](C)C3=CC(=O)[C@@](C)(C[C@H](OC(=O)/C(C)=C/C)[C@H]12)O3. The Morgan fingerprint density at radius 1 is 1.42 bits per heavy atom. The quantitative estimate of drug-likeness (QED) is 0.556. The fraction of sp³-hybridized carbons (Fsp3) is 0.550. The first-order valence-electron chi connectivity index (χ1n) is 8.85. The van der Waals surface area contributed by atoms with Crippen LogP contribution in [0.4, 0.5) is 0 Å². The van der Waals surface area contributed by atoms with Crippen LogP contribution >= 0.6 is 0 Å². The van der Waals surface area contributed by atoms with Crippen molar-refractivity contribution in [2.45, 2.75) is 58.3 Å². The van der Waals surface area contributed by atoms with Crippen molar-refractivity contribution in [3.63, 3.8) is 0 Å². The van der Waals surface area contributed by atoms with E-state index in [-0.39, 0.29) is 23.7 Å². The van der Waals surface area contributed by atoms with Crippen LogP contribution in [0.1, 0.15) is 40.5 Å². The molecule has 0 aromatic rings. The molecule has 0 unspecified atom stereocenters. The molecule has 0 aliphatic carbocycles. The smallest absolute Gasteiger partial charge is 0.334 e. The van der Waals surface area contributed by atoms with Gasteiger partial charge in [0.05, 0.1) is 5.92 Å². The van der Waals surface area contributed by atoms with Crippen LogP contribution in [0.25, 0.3) is 0 Å². The van der Waals surface area contributed by atoms with Crippen molar-refractivity contribution in [2.24, 2.45) is 11.8 Å². The first-order chi connectivity index (χ1) is 12.2. The van der Waals surface area contributed by atoms with Crippen molar-refractivity contribution in [1.82, 2.24) is 0 Å². The van der Waals surface area contributed by atoms with Gasteiger partial charge in [0.2, 0.25) is 5.78 Å². The Bertz CT molecular complexity index is 745. The highest BCUT2D eigenvalue weighted by atomic mass is 16.6. The van der Waals surface area contributed by atoms with Gasteiger partial charge in [-0.2, -0.15) is 0 Å². The Balaban J connectivity index is 2.00. The van der Waals surface area contributed by atoms with Gasteiger partial charge in [-0.15, -0.1) is 0 Å². The molecule has 0 N–H and O–H groups in total. The van der Waals surface area contributed by atoms with E-state index in [2.05, 4.69) is 6.58 Å². The van der Waals surface area contributed by atoms with Gasteiger partial charge in [0.15, 0.2) is 5.60 Å². The molecule has 3 aliphatic heterocycles. The van der Waals surface area contributed by atoms with Crippen LogP contribution in [-0.4, -0.2) is 35.5 Å². The maximum atomic E-state index is 12.5. The van der Waals surface area contributed by atoms with Crippen LogP contribution < -0.4 is 0 Å². The van der Waals surface area contributed by atoms with E-state index in [4.69, 9.17) is 14.2 Å². The first kappa shape index (κ1) is 18.4. The van der Waals surface area contributed by atoms with E-state index in [1.807, 2.05) is 6.92 Å². The van der Waals surface area contributed by atoms with Crippen molar-refractivity contribution >= 4 is 17.7 Å². The summed E-state index contributed by atoms with van der Waals surface area (Å²) < 4.78 is 17.2. The lowest BCUT2D eigenvalue weighted by molar-refractivity contribution is -0.153. The predicted octanol–water partition coefficient (Wildman–Crippen LogP) is 2.63. The number of ketones is 1. The number of hydrogen-bond acceptors (Lipinski definition) is 6. The van der Waals surface area contributed by atoms with E-state index in [9.17, 15) is 14.4 Å². The van der Waals surface area contributed by atoms with Crippen molar-refractivity contribution in [1.29, 1.82) is 0 Å². The molecule has 0 spiro atoms. The van der Waals surface area contributed by atoms with Crippen molar-refractivity contribution in [3.05, 3.63) is 35.6 Å². The second kappa shape index (κ2) is 6.41. The lowest BCUT2D eigenvalue weighted by atomic mass is 9.80. The number of fused-ring (bicyclic) bond motifs is 3. The van der Waals surface area contributed by atoms with E-state index in [1.54, 1.807) is 26.8 Å². The van der Waals surface area contributed by atoms with Crippen LogP contribution in [0.3, 0.4) is 0 Å². The number of allylic oxidation sites excluding steroid dienone is 2. The van der Waals surface area contributed by atoms with Crippen molar-refractivity contribution < 1.29 is 28.6 Å². The molecule has 2 bridgehead atoms. The monoisotopic (exact) mass is 360 g/mol. The highest BCUT2D eigenvalue weighted by Gasteiger charge is 2.53. The van der Waals surface area contributed by atoms with E-state index < -0.39 is 35.7 Å². The number of esters is 2. The van der Waals surface area contributed by atoms with Gasteiger partial charge in [0.1, 0.15) is 18.0 Å². The molecule has 0 aromatic carbocycles. The van der Waals surface area contributed by atoms with Crippen LogP contribution in [0.15, 0.2) is 35.6 Å². The molecule has 140 valence electrons. The molecule has 3 aliphatic rings. The second-order valence-corrected chi connectivity index (χ2v) is 7.49. The summed E-state index contributed by atoms with van der Waals surface area (Å²) >= 11 is 0. The topological polar surface area (TPSA) is 78.9 Å². The largest absolute Gasteiger partial charge is 0.483 e.